The zero-order valence-electron chi connectivity index (χ0n) is 20.1. The molecule has 1 aromatic carbocycles. The van der Waals surface area contributed by atoms with Gasteiger partial charge >= 0.3 is 0 Å². The molecule has 9 nitrogen and oxygen atoms in total. The standard InChI is InChI=1S/C24H32N4O5/c1-15(2)28-12-21(33-14-18-8-19(31-5)10-20(9-18)32-6)11-27(13-23(28)29)24(30)22-7-16(3)25-17(4)26-22/h7-10,15,21H,11-14H2,1-6H3. The minimum Gasteiger partial charge on any atom is -0.497 e. The quantitative estimate of drug-likeness (QED) is 0.631. The normalized spacial score (nSPS) is 16.7. The van der Waals surface area contributed by atoms with E-state index in [0.717, 1.165) is 5.56 Å². The molecule has 1 fully saturated rings. The monoisotopic (exact) mass is 456 g/mol. The number of rotatable bonds is 7. The van der Waals surface area contributed by atoms with E-state index >= 15 is 0 Å². The number of ether oxygens (including phenoxy) is 3. The maximum Gasteiger partial charge on any atom is 0.273 e. The Hall–Kier alpha value is -3.20. The van der Waals surface area contributed by atoms with E-state index in [2.05, 4.69) is 9.97 Å². The van der Waals surface area contributed by atoms with Gasteiger partial charge in [-0.15, -0.1) is 0 Å². The molecular weight excluding hydrogens is 424 g/mol. The first-order valence-corrected chi connectivity index (χ1v) is 10.9. The predicted octanol–water partition coefficient (Wildman–Crippen LogP) is 2.39. The summed E-state index contributed by atoms with van der Waals surface area (Å²) in [6, 6.07) is 7.17. The highest BCUT2D eigenvalue weighted by Crippen LogP contribution is 2.24. The lowest BCUT2D eigenvalue weighted by Crippen LogP contribution is -2.42. The number of aryl methyl sites for hydroxylation is 2. The molecule has 0 bridgehead atoms. The first-order chi connectivity index (χ1) is 15.7. The Morgan fingerprint density at radius 1 is 1.06 bits per heavy atom. The fourth-order valence-electron chi connectivity index (χ4n) is 3.85. The van der Waals surface area contributed by atoms with E-state index in [1.54, 1.807) is 38.2 Å². The topological polar surface area (TPSA) is 94.1 Å². The lowest BCUT2D eigenvalue weighted by Gasteiger charge is -2.27. The molecule has 0 spiro atoms. The van der Waals surface area contributed by atoms with Gasteiger partial charge in [0.1, 0.15) is 29.6 Å². The van der Waals surface area contributed by atoms with Crippen molar-refractivity contribution < 1.29 is 23.8 Å². The average Bonchev–Trinajstić information content (AvgIpc) is 2.95. The number of hydrogen-bond acceptors (Lipinski definition) is 7. The number of hydrogen-bond donors (Lipinski definition) is 0. The van der Waals surface area contributed by atoms with Crippen LogP contribution in [0, 0.1) is 13.8 Å². The Morgan fingerprint density at radius 3 is 2.30 bits per heavy atom. The van der Waals surface area contributed by atoms with Crippen molar-refractivity contribution in [1.29, 1.82) is 0 Å². The van der Waals surface area contributed by atoms with Gasteiger partial charge in [-0.05, 0) is 51.5 Å². The molecule has 1 aromatic heterocycles. The van der Waals surface area contributed by atoms with Crippen molar-refractivity contribution in [2.75, 3.05) is 33.9 Å². The van der Waals surface area contributed by atoms with E-state index in [0.29, 0.717) is 29.6 Å². The molecule has 1 saturated heterocycles. The zero-order chi connectivity index (χ0) is 24.1. The Balaban J connectivity index is 1.82. The van der Waals surface area contributed by atoms with Gasteiger partial charge in [0.2, 0.25) is 5.91 Å². The smallest absolute Gasteiger partial charge is 0.273 e. The molecule has 33 heavy (non-hydrogen) atoms. The van der Waals surface area contributed by atoms with E-state index in [1.165, 1.54) is 4.90 Å². The second-order valence-corrected chi connectivity index (χ2v) is 8.42. The van der Waals surface area contributed by atoms with E-state index in [4.69, 9.17) is 14.2 Å². The molecule has 178 valence electrons. The summed E-state index contributed by atoms with van der Waals surface area (Å²) in [5.74, 6) is 1.43. The third-order valence-electron chi connectivity index (χ3n) is 5.46. The van der Waals surface area contributed by atoms with Crippen LogP contribution in [0.3, 0.4) is 0 Å². The van der Waals surface area contributed by atoms with Crippen molar-refractivity contribution in [2.45, 2.75) is 46.4 Å². The zero-order valence-corrected chi connectivity index (χ0v) is 20.1. The molecule has 1 aliphatic heterocycles. The number of carbonyl (C=O) groups is 2. The van der Waals surface area contributed by atoms with Crippen LogP contribution in [-0.2, 0) is 16.1 Å². The molecule has 2 aromatic rings. The molecule has 1 aliphatic rings. The van der Waals surface area contributed by atoms with Gasteiger partial charge in [0, 0.05) is 30.9 Å². The van der Waals surface area contributed by atoms with Crippen molar-refractivity contribution in [1.82, 2.24) is 19.8 Å². The summed E-state index contributed by atoms with van der Waals surface area (Å²) in [7, 11) is 3.19. The Morgan fingerprint density at radius 2 is 1.73 bits per heavy atom. The highest BCUT2D eigenvalue weighted by Gasteiger charge is 2.33. The van der Waals surface area contributed by atoms with Gasteiger partial charge < -0.3 is 24.0 Å². The molecule has 0 aliphatic carbocycles. The van der Waals surface area contributed by atoms with Crippen molar-refractivity contribution in [3.63, 3.8) is 0 Å². The van der Waals surface area contributed by atoms with Gasteiger partial charge in [-0.25, -0.2) is 9.97 Å². The summed E-state index contributed by atoms with van der Waals surface area (Å²) >= 11 is 0. The lowest BCUT2D eigenvalue weighted by molar-refractivity contribution is -0.133. The Bertz CT molecular complexity index is 968. The minimum atomic E-state index is -0.371. The number of benzene rings is 1. The molecule has 2 amide bonds. The van der Waals surface area contributed by atoms with Crippen LogP contribution < -0.4 is 9.47 Å². The van der Waals surface area contributed by atoms with Crippen LogP contribution in [0.15, 0.2) is 24.3 Å². The number of methoxy groups -OCH3 is 2. The van der Waals surface area contributed by atoms with E-state index < -0.39 is 0 Å². The molecule has 1 atom stereocenters. The summed E-state index contributed by atoms with van der Waals surface area (Å²) in [4.78, 5) is 38.0. The third-order valence-corrected chi connectivity index (χ3v) is 5.46. The van der Waals surface area contributed by atoms with Crippen LogP contribution >= 0.6 is 0 Å². The summed E-state index contributed by atoms with van der Waals surface area (Å²) in [5, 5.41) is 0. The number of nitrogens with zero attached hydrogens (tertiary/aromatic N) is 4. The molecule has 0 N–H and O–H groups in total. The first kappa shape index (κ1) is 24.4. The lowest BCUT2D eigenvalue weighted by atomic mass is 10.2. The number of carbonyl (C=O) groups excluding carboxylic acids is 2. The van der Waals surface area contributed by atoms with Gasteiger partial charge in [-0.1, -0.05) is 0 Å². The summed E-state index contributed by atoms with van der Waals surface area (Å²) in [6.07, 6.45) is -0.371. The molecule has 3 rings (SSSR count). The maximum absolute atomic E-state index is 13.2. The van der Waals surface area contributed by atoms with Crippen molar-refractivity contribution >= 4 is 11.8 Å². The predicted molar refractivity (Wildman–Crippen MR) is 122 cm³/mol. The van der Waals surface area contributed by atoms with Crippen LogP contribution in [0.25, 0.3) is 0 Å². The molecule has 0 radical (unpaired) electrons. The molecule has 9 heteroatoms. The van der Waals surface area contributed by atoms with Gasteiger partial charge in [0.25, 0.3) is 5.91 Å². The summed E-state index contributed by atoms with van der Waals surface area (Å²) < 4.78 is 16.9. The van der Waals surface area contributed by atoms with Crippen LogP contribution in [0.1, 0.15) is 41.4 Å². The summed E-state index contributed by atoms with van der Waals surface area (Å²) in [6.45, 7) is 8.39. The second kappa shape index (κ2) is 10.6. The SMILES string of the molecule is COc1cc(COC2CN(C(=O)c3cc(C)nc(C)n3)CC(=O)N(C(C)C)C2)cc(OC)c1. The maximum atomic E-state index is 13.2. The van der Waals surface area contributed by atoms with Crippen LogP contribution in [0.5, 0.6) is 11.5 Å². The number of aromatic nitrogens is 2. The minimum absolute atomic E-state index is 0.0147. The van der Waals surface area contributed by atoms with Crippen LogP contribution in [-0.4, -0.2) is 77.6 Å². The summed E-state index contributed by atoms with van der Waals surface area (Å²) in [5.41, 5.74) is 1.86. The van der Waals surface area contributed by atoms with Crippen molar-refractivity contribution in [3.8, 4) is 11.5 Å². The van der Waals surface area contributed by atoms with Gasteiger partial charge in [-0.2, -0.15) is 0 Å². The number of amides is 2. The Kier molecular flexibility index (Phi) is 7.86. The van der Waals surface area contributed by atoms with E-state index in [1.807, 2.05) is 32.9 Å². The first-order valence-electron chi connectivity index (χ1n) is 10.9. The average molecular weight is 457 g/mol. The van der Waals surface area contributed by atoms with Gasteiger partial charge in [0.15, 0.2) is 0 Å². The highest BCUT2D eigenvalue weighted by molar-refractivity contribution is 5.95. The molecule has 0 saturated carbocycles. The second-order valence-electron chi connectivity index (χ2n) is 8.42. The third kappa shape index (κ3) is 6.19. The molecular formula is C24H32N4O5. The highest BCUT2D eigenvalue weighted by atomic mass is 16.5. The van der Waals surface area contributed by atoms with Crippen LogP contribution in [0.4, 0.5) is 0 Å². The van der Waals surface area contributed by atoms with Crippen LogP contribution in [0.2, 0.25) is 0 Å². The van der Waals surface area contributed by atoms with Crippen molar-refractivity contribution in [3.05, 3.63) is 47.0 Å². The fraction of sp³-hybridized carbons (Fsp3) is 0.500. The van der Waals surface area contributed by atoms with E-state index in [-0.39, 0.29) is 49.4 Å². The van der Waals surface area contributed by atoms with Gasteiger partial charge in [0.05, 0.1) is 26.9 Å². The Labute approximate surface area is 194 Å². The van der Waals surface area contributed by atoms with Gasteiger partial charge in [-0.3, -0.25) is 9.59 Å². The molecule has 2 heterocycles. The fourth-order valence-corrected chi connectivity index (χ4v) is 3.85. The largest absolute Gasteiger partial charge is 0.497 e. The van der Waals surface area contributed by atoms with Crippen molar-refractivity contribution in [2.24, 2.45) is 0 Å². The van der Waals surface area contributed by atoms with E-state index in [9.17, 15) is 9.59 Å². The molecule has 1 unspecified atom stereocenters.